The molecular weight excluding hydrogens is 210 g/mol. The smallest absolute Gasteiger partial charge is 0.151 e. The van der Waals surface area contributed by atoms with E-state index >= 15 is 0 Å². The Hall–Kier alpha value is -1.12. The highest BCUT2D eigenvalue weighted by molar-refractivity contribution is 5.37. The molecule has 0 amide bonds. The quantitative estimate of drug-likeness (QED) is 0.735. The van der Waals surface area contributed by atoms with Gasteiger partial charge in [-0.15, -0.1) is 5.10 Å². The second-order valence-electron chi connectivity index (χ2n) is 5.42. The van der Waals surface area contributed by atoms with Crippen LogP contribution < -0.4 is 4.90 Å². The summed E-state index contributed by atoms with van der Waals surface area (Å²) in [6.07, 6.45) is 6.68. The van der Waals surface area contributed by atoms with E-state index in [9.17, 15) is 0 Å². The largest absolute Gasteiger partial charge is 0.355 e. The molecular formula is C14H23N3. The first-order valence-electron chi connectivity index (χ1n) is 6.70. The summed E-state index contributed by atoms with van der Waals surface area (Å²) in [5, 5.41) is 8.43. The molecule has 94 valence electrons. The molecule has 1 heterocycles. The molecule has 1 aromatic heterocycles. The van der Waals surface area contributed by atoms with Crippen LogP contribution in [0.4, 0.5) is 5.82 Å². The summed E-state index contributed by atoms with van der Waals surface area (Å²) in [6.45, 7) is 4.34. The lowest BCUT2D eigenvalue weighted by atomic mass is 9.99. The SMILES string of the molecule is Cc1ccc(N(C)[C@H]2CCCCC(C)C2)nn1. The maximum atomic E-state index is 4.28. The molecule has 17 heavy (non-hydrogen) atoms. The maximum Gasteiger partial charge on any atom is 0.151 e. The van der Waals surface area contributed by atoms with Crippen molar-refractivity contribution < 1.29 is 0 Å². The average Bonchev–Trinajstić information content (AvgIpc) is 2.54. The molecule has 0 bridgehead atoms. The van der Waals surface area contributed by atoms with Gasteiger partial charge in [-0.2, -0.15) is 5.10 Å². The molecule has 1 aliphatic carbocycles. The van der Waals surface area contributed by atoms with Crippen LogP contribution in [0.2, 0.25) is 0 Å². The van der Waals surface area contributed by atoms with Crippen molar-refractivity contribution in [3.63, 3.8) is 0 Å². The molecule has 1 fully saturated rings. The zero-order valence-corrected chi connectivity index (χ0v) is 11.2. The summed E-state index contributed by atoms with van der Waals surface area (Å²) in [5.74, 6) is 1.85. The molecule has 0 saturated heterocycles. The van der Waals surface area contributed by atoms with Crippen LogP contribution in [0.3, 0.4) is 0 Å². The molecule has 0 radical (unpaired) electrons. The topological polar surface area (TPSA) is 29.0 Å². The highest BCUT2D eigenvalue weighted by Crippen LogP contribution is 2.27. The Balaban J connectivity index is 2.07. The van der Waals surface area contributed by atoms with Crippen molar-refractivity contribution >= 4 is 5.82 Å². The zero-order chi connectivity index (χ0) is 12.3. The Labute approximate surface area is 104 Å². The van der Waals surface area contributed by atoms with Gasteiger partial charge in [0.1, 0.15) is 0 Å². The van der Waals surface area contributed by atoms with Gasteiger partial charge in [-0.05, 0) is 37.8 Å². The predicted octanol–water partition coefficient (Wildman–Crippen LogP) is 3.19. The lowest BCUT2D eigenvalue weighted by molar-refractivity contribution is 0.456. The van der Waals surface area contributed by atoms with E-state index in [1.807, 2.05) is 13.0 Å². The summed E-state index contributed by atoms with van der Waals surface area (Å²) in [4.78, 5) is 2.31. The van der Waals surface area contributed by atoms with Crippen LogP contribution in [0.15, 0.2) is 12.1 Å². The fourth-order valence-corrected chi connectivity index (χ4v) is 2.69. The van der Waals surface area contributed by atoms with Gasteiger partial charge in [0.15, 0.2) is 5.82 Å². The predicted molar refractivity (Wildman–Crippen MR) is 71.2 cm³/mol. The molecule has 1 saturated carbocycles. The fraction of sp³-hybridized carbons (Fsp3) is 0.714. The van der Waals surface area contributed by atoms with Crippen molar-refractivity contribution in [1.29, 1.82) is 0 Å². The summed E-state index contributed by atoms with van der Waals surface area (Å²) in [6, 6.07) is 4.75. The molecule has 2 atom stereocenters. The number of aromatic nitrogens is 2. The minimum absolute atomic E-state index is 0.629. The van der Waals surface area contributed by atoms with Gasteiger partial charge in [0.05, 0.1) is 5.69 Å². The Kier molecular flexibility index (Phi) is 3.97. The van der Waals surface area contributed by atoms with Crippen LogP contribution in [-0.4, -0.2) is 23.3 Å². The highest BCUT2D eigenvalue weighted by Gasteiger charge is 2.21. The van der Waals surface area contributed by atoms with Gasteiger partial charge in [0.2, 0.25) is 0 Å². The van der Waals surface area contributed by atoms with E-state index in [0.29, 0.717) is 6.04 Å². The van der Waals surface area contributed by atoms with Gasteiger partial charge in [-0.3, -0.25) is 0 Å². The third-order valence-electron chi connectivity index (χ3n) is 3.85. The second-order valence-corrected chi connectivity index (χ2v) is 5.42. The Morgan fingerprint density at radius 3 is 2.65 bits per heavy atom. The molecule has 0 spiro atoms. The Morgan fingerprint density at radius 2 is 1.94 bits per heavy atom. The Morgan fingerprint density at radius 1 is 1.18 bits per heavy atom. The van der Waals surface area contributed by atoms with Crippen LogP contribution in [0.1, 0.15) is 44.7 Å². The van der Waals surface area contributed by atoms with Gasteiger partial charge in [-0.1, -0.05) is 26.2 Å². The standard InChI is InChI=1S/C14H23N3/c1-11-6-4-5-7-13(10-11)17(3)14-9-8-12(2)15-16-14/h8-9,11,13H,4-7,10H2,1-3H3/t11?,13-/m0/s1. The van der Waals surface area contributed by atoms with Crippen LogP contribution in [0, 0.1) is 12.8 Å². The molecule has 1 unspecified atom stereocenters. The van der Waals surface area contributed by atoms with Crippen molar-refractivity contribution in [2.45, 2.75) is 52.0 Å². The van der Waals surface area contributed by atoms with Crippen molar-refractivity contribution in [3.8, 4) is 0 Å². The first kappa shape index (κ1) is 12.3. The average molecular weight is 233 g/mol. The van der Waals surface area contributed by atoms with Crippen molar-refractivity contribution in [3.05, 3.63) is 17.8 Å². The van der Waals surface area contributed by atoms with Crippen molar-refractivity contribution in [2.24, 2.45) is 5.92 Å². The first-order valence-corrected chi connectivity index (χ1v) is 6.70. The molecule has 0 N–H and O–H groups in total. The van der Waals surface area contributed by atoms with Crippen LogP contribution >= 0.6 is 0 Å². The molecule has 3 heteroatoms. The molecule has 1 aliphatic rings. The first-order chi connectivity index (χ1) is 8.16. The Bertz CT molecular complexity index is 347. The monoisotopic (exact) mass is 233 g/mol. The minimum atomic E-state index is 0.629. The van der Waals surface area contributed by atoms with Gasteiger partial charge in [0.25, 0.3) is 0 Å². The zero-order valence-electron chi connectivity index (χ0n) is 11.2. The number of hydrogen-bond acceptors (Lipinski definition) is 3. The van der Waals surface area contributed by atoms with Crippen LogP contribution in [-0.2, 0) is 0 Å². The summed E-state index contributed by atoms with van der Waals surface area (Å²) < 4.78 is 0. The van der Waals surface area contributed by atoms with Crippen molar-refractivity contribution in [2.75, 3.05) is 11.9 Å². The van der Waals surface area contributed by atoms with E-state index in [1.54, 1.807) is 0 Å². The lowest BCUT2D eigenvalue weighted by Gasteiger charge is -2.29. The molecule has 3 nitrogen and oxygen atoms in total. The minimum Gasteiger partial charge on any atom is -0.355 e. The highest BCUT2D eigenvalue weighted by atomic mass is 15.3. The van der Waals surface area contributed by atoms with Crippen molar-refractivity contribution in [1.82, 2.24) is 10.2 Å². The van der Waals surface area contributed by atoms with E-state index < -0.39 is 0 Å². The van der Waals surface area contributed by atoms with E-state index in [0.717, 1.165) is 17.4 Å². The maximum absolute atomic E-state index is 4.28. The third-order valence-corrected chi connectivity index (χ3v) is 3.85. The summed E-state index contributed by atoms with van der Waals surface area (Å²) >= 11 is 0. The summed E-state index contributed by atoms with van der Waals surface area (Å²) in [7, 11) is 2.15. The molecule has 1 aromatic rings. The van der Waals surface area contributed by atoms with E-state index in [2.05, 4.69) is 35.1 Å². The molecule has 2 rings (SSSR count). The fourth-order valence-electron chi connectivity index (χ4n) is 2.69. The van der Waals surface area contributed by atoms with E-state index in [-0.39, 0.29) is 0 Å². The number of anilines is 1. The number of rotatable bonds is 2. The van der Waals surface area contributed by atoms with Gasteiger partial charge < -0.3 is 4.90 Å². The summed E-state index contributed by atoms with van der Waals surface area (Å²) in [5.41, 5.74) is 0.983. The van der Waals surface area contributed by atoms with Gasteiger partial charge in [-0.25, -0.2) is 0 Å². The number of nitrogens with zero attached hydrogens (tertiary/aromatic N) is 3. The lowest BCUT2D eigenvalue weighted by Crippen LogP contribution is -2.33. The van der Waals surface area contributed by atoms with E-state index in [1.165, 1.54) is 32.1 Å². The van der Waals surface area contributed by atoms with Crippen LogP contribution in [0.5, 0.6) is 0 Å². The number of aryl methyl sites for hydroxylation is 1. The van der Waals surface area contributed by atoms with Crippen LogP contribution in [0.25, 0.3) is 0 Å². The normalized spacial score (nSPS) is 25.4. The van der Waals surface area contributed by atoms with Gasteiger partial charge >= 0.3 is 0 Å². The molecule has 0 aliphatic heterocycles. The second kappa shape index (κ2) is 5.48. The van der Waals surface area contributed by atoms with E-state index in [4.69, 9.17) is 0 Å². The third kappa shape index (κ3) is 3.18. The van der Waals surface area contributed by atoms with Gasteiger partial charge in [0, 0.05) is 13.1 Å². The number of hydrogen-bond donors (Lipinski definition) is 0. The molecule has 0 aromatic carbocycles.